The van der Waals surface area contributed by atoms with Crippen LogP contribution in [0.2, 0.25) is 0 Å². The molecule has 0 spiro atoms. The molecule has 0 saturated carbocycles. The number of ether oxygens (including phenoxy) is 1. The van der Waals surface area contributed by atoms with Crippen molar-refractivity contribution < 1.29 is 18.3 Å². The first kappa shape index (κ1) is 16.0. The van der Waals surface area contributed by atoms with Gasteiger partial charge in [0.25, 0.3) is 0 Å². The van der Waals surface area contributed by atoms with Crippen molar-refractivity contribution in [1.82, 2.24) is 4.31 Å². The zero-order chi connectivity index (χ0) is 15.5. The number of aliphatic hydroxyl groups is 1. The summed E-state index contributed by atoms with van der Waals surface area (Å²) in [7, 11) is -3.51. The van der Waals surface area contributed by atoms with Crippen LogP contribution in [-0.2, 0) is 14.8 Å². The molecule has 21 heavy (non-hydrogen) atoms. The summed E-state index contributed by atoms with van der Waals surface area (Å²) in [4.78, 5) is 0.245. The van der Waals surface area contributed by atoms with E-state index in [1.165, 1.54) is 4.31 Å². The van der Waals surface area contributed by atoms with E-state index >= 15 is 0 Å². The number of hydrogen-bond acceptors (Lipinski definition) is 4. The first-order valence-corrected chi connectivity index (χ1v) is 8.13. The van der Waals surface area contributed by atoms with Gasteiger partial charge >= 0.3 is 0 Å². The molecule has 114 valence electrons. The monoisotopic (exact) mass is 309 g/mol. The SMILES string of the molecule is CC1(C)CN(S(=O)(=O)c2ccc(C#CCO)cc2)CCO1. The number of hydrogen-bond donors (Lipinski definition) is 1. The van der Waals surface area contributed by atoms with Gasteiger partial charge in [-0.2, -0.15) is 4.31 Å². The van der Waals surface area contributed by atoms with E-state index in [0.717, 1.165) is 0 Å². The zero-order valence-corrected chi connectivity index (χ0v) is 13.0. The van der Waals surface area contributed by atoms with Gasteiger partial charge in [0.2, 0.25) is 10.0 Å². The van der Waals surface area contributed by atoms with Gasteiger partial charge in [-0.1, -0.05) is 11.8 Å². The Kier molecular flexibility index (Phi) is 4.69. The molecule has 0 aliphatic carbocycles. The van der Waals surface area contributed by atoms with Crippen molar-refractivity contribution in [2.45, 2.75) is 24.3 Å². The van der Waals surface area contributed by atoms with Gasteiger partial charge in [-0.15, -0.1) is 0 Å². The maximum absolute atomic E-state index is 12.6. The van der Waals surface area contributed by atoms with Gasteiger partial charge in [-0.05, 0) is 38.1 Å². The van der Waals surface area contributed by atoms with E-state index in [0.29, 0.717) is 25.3 Å². The molecule has 0 radical (unpaired) electrons. The maximum Gasteiger partial charge on any atom is 0.243 e. The smallest absolute Gasteiger partial charge is 0.243 e. The number of nitrogens with zero attached hydrogens (tertiary/aromatic N) is 1. The van der Waals surface area contributed by atoms with Crippen molar-refractivity contribution in [3.05, 3.63) is 29.8 Å². The number of rotatable bonds is 2. The number of aliphatic hydroxyl groups excluding tert-OH is 1. The second-order valence-corrected chi connectivity index (χ2v) is 7.37. The fraction of sp³-hybridized carbons (Fsp3) is 0.467. The standard InChI is InChI=1S/C15H19NO4S/c1-15(2)12-16(9-11-20-15)21(18,19)14-7-5-13(6-8-14)4-3-10-17/h5-8,17H,9-12H2,1-2H3. The third-order valence-corrected chi connectivity index (χ3v) is 5.05. The molecule has 0 bridgehead atoms. The molecule has 0 amide bonds. The third kappa shape index (κ3) is 3.83. The quantitative estimate of drug-likeness (QED) is 0.822. The molecule has 1 saturated heterocycles. The van der Waals surface area contributed by atoms with E-state index in [1.54, 1.807) is 24.3 Å². The Labute approximate surface area is 125 Å². The second kappa shape index (κ2) is 6.16. The van der Waals surface area contributed by atoms with E-state index in [1.807, 2.05) is 13.8 Å². The van der Waals surface area contributed by atoms with E-state index in [4.69, 9.17) is 9.84 Å². The summed E-state index contributed by atoms with van der Waals surface area (Å²) in [5.41, 5.74) is 0.197. The van der Waals surface area contributed by atoms with Crippen LogP contribution in [0.25, 0.3) is 0 Å². The van der Waals surface area contributed by atoms with Crippen LogP contribution in [0.1, 0.15) is 19.4 Å². The second-order valence-electron chi connectivity index (χ2n) is 5.43. The molecule has 1 aliphatic rings. The van der Waals surface area contributed by atoms with Gasteiger partial charge in [0.15, 0.2) is 0 Å². The van der Waals surface area contributed by atoms with E-state index in [-0.39, 0.29) is 11.5 Å². The summed E-state index contributed by atoms with van der Waals surface area (Å²) >= 11 is 0. The highest BCUT2D eigenvalue weighted by molar-refractivity contribution is 7.89. The van der Waals surface area contributed by atoms with Crippen molar-refractivity contribution in [1.29, 1.82) is 0 Å². The van der Waals surface area contributed by atoms with Gasteiger partial charge in [0.1, 0.15) is 6.61 Å². The molecule has 1 aromatic rings. The summed E-state index contributed by atoms with van der Waals surface area (Å²) < 4.78 is 32.2. The first-order chi connectivity index (χ1) is 9.85. The Morgan fingerprint density at radius 1 is 1.33 bits per heavy atom. The fourth-order valence-corrected chi connectivity index (χ4v) is 3.75. The Bertz CT molecular complexity index is 653. The minimum atomic E-state index is -3.51. The van der Waals surface area contributed by atoms with Crippen LogP contribution < -0.4 is 0 Å². The summed E-state index contributed by atoms with van der Waals surface area (Å²) in [5.74, 6) is 5.26. The molecule has 6 heteroatoms. The summed E-state index contributed by atoms with van der Waals surface area (Å²) in [6, 6.07) is 6.36. The van der Waals surface area contributed by atoms with E-state index < -0.39 is 15.6 Å². The maximum atomic E-state index is 12.6. The van der Waals surface area contributed by atoms with Crippen molar-refractivity contribution in [3.63, 3.8) is 0 Å². The predicted octanol–water partition coefficient (Wildman–Crippen LogP) is 0.830. The molecule has 1 heterocycles. The molecule has 1 fully saturated rings. The van der Waals surface area contributed by atoms with E-state index in [9.17, 15) is 8.42 Å². The molecule has 2 rings (SSSR count). The van der Waals surface area contributed by atoms with Gasteiger partial charge in [-0.3, -0.25) is 0 Å². The average molecular weight is 309 g/mol. The molecule has 0 atom stereocenters. The number of morpholine rings is 1. The van der Waals surface area contributed by atoms with Gasteiger partial charge in [-0.25, -0.2) is 8.42 Å². The minimum absolute atomic E-state index is 0.219. The Hall–Kier alpha value is -1.39. The van der Waals surface area contributed by atoms with Crippen LogP contribution in [0.3, 0.4) is 0 Å². The molecule has 1 N–H and O–H groups in total. The van der Waals surface area contributed by atoms with Gasteiger partial charge < -0.3 is 9.84 Å². The summed E-state index contributed by atoms with van der Waals surface area (Å²) in [6.07, 6.45) is 0. The van der Waals surface area contributed by atoms with Crippen molar-refractivity contribution in [3.8, 4) is 11.8 Å². The predicted molar refractivity (Wildman–Crippen MR) is 79.2 cm³/mol. The average Bonchev–Trinajstić information content (AvgIpc) is 2.44. The van der Waals surface area contributed by atoms with Gasteiger partial charge in [0.05, 0.1) is 17.1 Å². The number of sulfonamides is 1. The van der Waals surface area contributed by atoms with Crippen LogP contribution >= 0.6 is 0 Å². The van der Waals surface area contributed by atoms with Crippen molar-refractivity contribution in [2.24, 2.45) is 0 Å². The molecule has 0 aromatic heterocycles. The molecular weight excluding hydrogens is 290 g/mol. The molecule has 1 aromatic carbocycles. The number of benzene rings is 1. The lowest BCUT2D eigenvalue weighted by atomic mass is 10.1. The van der Waals surface area contributed by atoms with Crippen molar-refractivity contribution >= 4 is 10.0 Å². The van der Waals surface area contributed by atoms with Crippen LogP contribution in [0.15, 0.2) is 29.2 Å². The minimum Gasteiger partial charge on any atom is -0.384 e. The topological polar surface area (TPSA) is 66.8 Å². The van der Waals surface area contributed by atoms with Crippen LogP contribution in [-0.4, -0.2) is 49.7 Å². The summed E-state index contributed by atoms with van der Waals surface area (Å²) in [5, 5.41) is 8.64. The largest absolute Gasteiger partial charge is 0.384 e. The van der Waals surface area contributed by atoms with Crippen LogP contribution in [0, 0.1) is 11.8 Å². The summed E-state index contributed by atoms with van der Waals surface area (Å²) in [6.45, 7) is 4.62. The lowest BCUT2D eigenvalue weighted by Gasteiger charge is -2.37. The molecule has 0 unspecified atom stereocenters. The Balaban J connectivity index is 2.23. The highest BCUT2D eigenvalue weighted by atomic mass is 32.2. The Morgan fingerprint density at radius 2 is 2.00 bits per heavy atom. The normalized spacial score (nSPS) is 18.8. The highest BCUT2D eigenvalue weighted by Crippen LogP contribution is 2.23. The van der Waals surface area contributed by atoms with Gasteiger partial charge in [0, 0.05) is 18.7 Å². The Morgan fingerprint density at radius 3 is 2.57 bits per heavy atom. The highest BCUT2D eigenvalue weighted by Gasteiger charge is 2.34. The molecule has 5 nitrogen and oxygen atoms in total. The lowest BCUT2D eigenvalue weighted by Crippen LogP contribution is -2.50. The molecule has 1 aliphatic heterocycles. The zero-order valence-electron chi connectivity index (χ0n) is 12.2. The molecular formula is C15H19NO4S. The van der Waals surface area contributed by atoms with E-state index in [2.05, 4.69) is 11.8 Å². The lowest BCUT2D eigenvalue weighted by molar-refractivity contribution is -0.0640. The first-order valence-electron chi connectivity index (χ1n) is 6.69. The third-order valence-electron chi connectivity index (χ3n) is 3.19. The fourth-order valence-electron chi connectivity index (χ4n) is 2.18. The van der Waals surface area contributed by atoms with Crippen LogP contribution in [0.5, 0.6) is 0 Å². The van der Waals surface area contributed by atoms with Crippen molar-refractivity contribution in [2.75, 3.05) is 26.3 Å². The van der Waals surface area contributed by atoms with Crippen LogP contribution in [0.4, 0.5) is 0 Å².